The minimum Gasteiger partial charge on any atom is -0.392 e. The minimum absolute atomic E-state index is 0.224. The van der Waals surface area contributed by atoms with Crippen LogP contribution in [0.15, 0.2) is 17.5 Å². The number of hydrogen-bond acceptors (Lipinski definition) is 3. The summed E-state index contributed by atoms with van der Waals surface area (Å²) in [6.45, 7) is 7.97. The Balaban J connectivity index is 2.55. The Labute approximate surface area is 90.2 Å². The second kappa shape index (κ2) is 5.49. The second-order valence-electron chi connectivity index (χ2n) is 3.62. The first-order chi connectivity index (χ1) is 6.65. The topological polar surface area (TPSA) is 23.5 Å². The van der Waals surface area contributed by atoms with Gasteiger partial charge in [0.25, 0.3) is 0 Å². The second-order valence-corrected chi connectivity index (χ2v) is 4.66. The fourth-order valence-electron chi connectivity index (χ4n) is 1.45. The van der Waals surface area contributed by atoms with E-state index in [2.05, 4.69) is 36.3 Å². The lowest BCUT2D eigenvalue weighted by molar-refractivity contribution is 0.0700. The van der Waals surface area contributed by atoms with Gasteiger partial charge in [0.1, 0.15) is 0 Å². The van der Waals surface area contributed by atoms with Crippen LogP contribution in [-0.2, 0) is 6.54 Å². The molecule has 0 saturated heterocycles. The quantitative estimate of drug-likeness (QED) is 0.811. The molecule has 0 aliphatic carbocycles. The zero-order valence-corrected chi connectivity index (χ0v) is 9.92. The van der Waals surface area contributed by atoms with Crippen LogP contribution in [0.1, 0.15) is 25.6 Å². The van der Waals surface area contributed by atoms with Gasteiger partial charge in [-0.05, 0) is 31.8 Å². The summed E-state index contributed by atoms with van der Waals surface area (Å²) in [6, 6.07) is 4.44. The van der Waals surface area contributed by atoms with Crippen LogP contribution in [0.4, 0.5) is 0 Å². The van der Waals surface area contributed by atoms with E-state index in [1.807, 2.05) is 6.92 Å². The van der Waals surface area contributed by atoms with Gasteiger partial charge in [-0.1, -0.05) is 13.0 Å². The van der Waals surface area contributed by atoms with Gasteiger partial charge in [-0.2, -0.15) is 0 Å². The van der Waals surface area contributed by atoms with Crippen molar-refractivity contribution in [2.75, 3.05) is 6.54 Å². The van der Waals surface area contributed by atoms with Gasteiger partial charge in [0.2, 0.25) is 0 Å². The molecule has 0 aromatic carbocycles. The normalized spacial score (nSPS) is 15.8. The lowest BCUT2D eigenvalue weighted by Crippen LogP contribution is -2.39. The molecule has 0 spiro atoms. The third kappa shape index (κ3) is 3.08. The molecule has 2 atom stereocenters. The number of likely N-dealkylation sites (N-methyl/N-ethyl adjacent to an activating group) is 1. The molecule has 0 aliphatic heterocycles. The van der Waals surface area contributed by atoms with Crippen molar-refractivity contribution in [3.63, 3.8) is 0 Å². The smallest absolute Gasteiger partial charge is 0.0664 e. The lowest BCUT2D eigenvalue weighted by Gasteiger charge is -2.29. The van der Waals surface area contributed by atoms with Gasteiger partial charge in [-0.15, -0.1) is 11.3 Å². The Bertz CT molecular complexity index is 246. The predicted octanol–water partition coefficient (Wildman–Crippen LogP) is 2.34. The third-order valence-corrected chi connectivity index (χ3v) is 3.48. The van der Waals surface area contributed by atoms with E-state index in [1.54, 1.807) is 11.3 Å². The first-order valence-corrected chi connectivity index (χ1v) is 5.97. The number of hydrogen-bond donors (Lipinski definition) is 1. The van der Waals surface area contributed by atoms with E-state index in [9.17, 15) is 5.11 Å². The first-order valence-electron chi connectivity index (χ1n) is 5.09. The molecule has 80 valence electrons. The predicted molar refractivity (Wildman–Crippen MR) is 61.5 cm³/mol. The van der Waals surface area contributed by atoms with Crippen LogP contribution < -0.4 is 0 Å². The van der Waals surface area contributed by atoms with Crippen molar-refractivity contribution in [2.45, 2.75) is 39.5 Å². The Morgan fingerprint density at radius 2 is 2.21 bits per heavy atom. The number of aliphatic hydroxyl groups is 1. The summed E-state index contributed by atoms with van der Waals surface area (Å²) < 4.78 is 0. The summed E-state index contributed by atoms with van der Waals surface area (Å²) in [5.41, 5.74) is 0. The van der Waals surface area contributed by atoms with Crippen LogP contribution >= 0.6 is 11.3 Å². The van der Waals surface area contributed by atoms with Gasteiger partial charge >= 0.3 is 0 Å². The third-order valence-electron chi connectivity index (χ3n) is 2.62. The molecular weight excluding hydrogens is 194 g/mol. The van der Waals surface area contributed by atoms with Crippen LogP contribution in [0, 0.1) is 0 Å². The highest BCUT2D eigenvalue weighted by Crippen LogP contribution is 2.14. The SMILES string of the molecule is CCN(Cc1cccs1)C(C)C(C)O. The number of nitrogens with zero attached hydrogens (tertiary/aromatic N) is 1. The molecule has 0 amide bonds. The molecule has 1 aromatic heterocycles. The van der Waals surface area contributed by atoms with Crippen molar-refractivity contribution in [1.29, 1.82) is 0 Å². The highest BCUT2D eigenvalue weighted by Gasteiger charge is 2.16. The largest absolute Gasteiger partial charge is 0.392 e. The number of thiophene rings is 1. The van der Waals surface area contributed by atoms with E-state index < -0.39 is 0 Å². The standard InChI is InChI=1S/C11H19NOS/c1-4-12(9(2)10(3)13)8-11-6-5-7-14-11/h5-7,9-10,13H,4,8H2,1-3H3. The van der Waals surface area contributed by atoms with E-state index in [4.69, 9.17) is 0 Å². The summed E-state index contributed by atoms with van der Waals surface area (Å²) in [7, 11) is 0. The summed E-state index contributed by atoms with van der Waals surface area (Å²) in [4.78, 5) is 3.65. The molecule has 14 heavy (non-hydrogen) atoms. The number of aliphatic hydroxyl groups excluding tert-OH is 1. The van der Waals surface area contributed by atoms with E-state index >= 15 is 0 Å². The Morgan fingerprint density at radius 1 is 1.50 bits per heavy atom. The van der Waals surface area contributed by atoms with Gasteiger partial charge in [-0.25, -0.2) is 0 Å². The maximum atomic E-state index is 9.51. The molecule has 2 nitrogen and oxygen atoms in total. The van der Waals surface area contributed by atoms with Gasteiger partial charge in [0.15, 0.2) is 0 Å². The van der Waals surface area contributed by atoms with E-state index in [1.165, 1.54) is 4.88 Å². The van der Waals surface area contributed by atoms with Crippen molar-refractivity contribution in [3.05, 3.63) is 22.4 Å². The fourth-order valence-corrected chi connectivity index (χ4v) is 2.18. The van der Waals surface area contributed by atoms with E-state index in [0.29, 0.717) is 0 Å². The van der Waals surface area contributed by atoms with E-state index in [-0.39, 0.29) is 12.1 Å². The highest BCUT2D eigenvalue weighted by atomic mass is 32.1. The molecule has 0 bridgehead atoms. The van der Waals surface area contributed by atoms with Crippen LogP contribution in [-0.4, -0.2) is 28.7 Å². The Morgan fingerprint density at radius 3 is 2.64 bits per heavy atom. The van der Waals surface area contributed by atoms with Crippen molar-refractivity contribution in [3.8, 4) is 0 Å². The molecule has 3 heteroatoms. The summed E-state index contributed by atoms with van der Waals surface area (Å²) in [6.07, 6.45) is -0.269. The first kappa shape index (κ1) is 11.7. The fraction of sp³-hybridized carbons (Fsp3) is 0.636. The molecule has 0 aliphatic rings. The number of rotatable bonds is 5. The van der Waals surface area contributed by atoms with Crippen molar-refractivity contribution in [2.24, 2.45) is 0 Å². The van der Waals surface area contributed by atoms with Crippen LogP contribution in [0.25, 0.3) is 0 Å². The van der Waals surface area contributed by atoms with Crippen LogP contribution in [0.3, 0.4) is 0 Å². The molecule has 0 saturated carbocycles. The molecule has 1 aromatic rings. The van der Waals surface area contributed by atoms with Gasteiger partial charge in [0, 0.05) is 17.5 Å². The monoisotopic (exact) mass is 213 g/mol. The molecule has 1 rings (SSSR count). The zero-order chi connectivity index (χ0) is 10.6. The maximum absolute atomic E-state index is 9.51. The van der Waals surface area contributed by atoms with E-state index in [0.717, 1.165) is 13.1 Å². The molecule has 0 radical (unpaired) electrons. The van der Waals surface area contributed by atoms with Gasteiger partial charge in [0.05, 0.1) is 6.10 Å². The molecule has 2 unspecified atom stereocenters. The van der Waals surface area contributed by atoms with Crippen molar-refractivity contribution < 1.29 is 5.11 Å². The minimum atomic E-state index is -0.269. The molecule has 0 fully saturated rings. The Hall–Kier alpha value is -0.380. The van der Waals surface area contributed by atoms with Crippen molar-refractivity contribution in [1.82, 2.24) is 4.90 Å². The van der Waals surface area contributed by atoms with Gasteiger partial charge < -0.3 is 5.11 Å². The summed E-state index contributed by atoms with van der Waals surface area (Å²) in [5.74, 6) is 0. The molecule has 1 N–H and O–H groups in total. The summed E-state index contributed by atoms with van der Waals surface area (Å²) >= 11 is 1.77. The average Bonchev–Trinajstić information content (AvgIpc) is 2.65. The summed E-state index contributed by atoms with van der Waals surface area (Å²) in [5, 5.41) is 11.6. The molecule has 1 heterocycles. The van der Waals surface area contributed by atoms with Crippen LogP contribution in [0.5, 0.6) is 0 Å². The van der Waals surface area contributed by atoms with Gasteiger partial charge in [-0.3, -0.25) is 4.90 Å². The molecular formula is C11H19NOS. The van der Waals surface area contributed by atoms with Crippen LogP contribution in [0.2, 0.25) is 0 Å². The maximum Gasteiger partial charge on any atom is 0.0664 e. The Kier molecular flexibility index (Phi) is 4.58. The average molecular weight is 213 g/mol. The zero-order valence-electron chi connectivity index (χ0n) is 9.10. The highest BCUT2D eigenvalue weighted by molar-refractivity contribution is 7.09. The lowest BCUT2D eigenvalue weighted by atomic mass is 10.2. The van der Waals surface area contributed by atoms with Crippen molar-refractivity contribution >= 4 is 11.3 Å².